The molecule has 0 bridgehead atoms. The van der Waals surface area contributed by atoms with Crippen LogP contribution in [0, 0.1) is 27.7 Å². The Kier molecular flexibility index (Phi) is 10.6. The topological polar surface area (TPSA) is 0 Å². The summed E-state index contributed by atoms with van der Waals surface area (Å²) in [6, 6.07) is 85.4. The Bertz CT molecular complexity index is 3240. The Morgan fingerprint density at radius 3 is 0.591 bits per heavy atom. The summed E-state index contributed by atoms with van der Waals surface area (Å²) in [6.45, 7) is 9.04. The van der Waals surface area contributed by atoms with Crippen LogP contribution < -0.4 is 0 Å². The first-order valence-corrected chi connectivity index (χ1v) is 23.1. The summed E-state index contributed by atoms with van der Waals surface area (Å²) in [6.07, 6.45) is 0. The van der Waals surface area contributed by atoms with Crippen LogP contribution in [0.3, 0.4) is 0 Å². The summed E-state index contributed by atoms with van der Waals surface area (Å²) >= 11 is 0. The van der Waals surface area contributed by atoms with Crippen molar-refractivity contribution in [3.63, 3.8) is 0 Å². The quantitative estimate of drug-likeness (QED) is 0.134. The normalized spacial score (nSPS) is 11.3. The van der Waals surface area contributed by atoms with E-state index in [0.29, 0.717) is 0 Å². The standard InChI is InChI=1S/C66H50/c1-43-33-61-62(34-44(43)2)66(60-40-56(50-23-15-8-16-24-50)38-58(42-60)54-31-27-52(28-32-54)48-19-11-6-12-20-48)64-36-46(4)45(3)35-63(64)65(61)59-39-55(49-21-13-7-14-22-49)37-57(41-59)53-29-25-51(26-30-53)47-17-9-5-10-18-47/h5-42H,1-4H3. The molecule has 11 aromatic rings. The highest BCUT2D eigenvalue weighted by atomic mass is 14.2. The molecule has 0 radical (unpaired) electrons. The molecule has 0 atom stereocenters. The Morgan fingerprint density at radius 1 is 0.167 bits per heavy atom. The Hall–Kier alpha value is -8.06. The number of hydrogen-bond donors (Lipinski definition) is 0. The predicted molar refractivity (Wildman–Crippen MR) is 284 cm³/mol. The van der Waals surface area contributed by atoms with Crippen molar-refractivity contribution in [3.8, 4) is 89.0 Å². The third-order valence-corrected chi connectivity index (χ3v) is 13.7. The molecule has 314 valence electrons. The van der Waals surface area contributed by atoms with Gasteiger partial charge in [-0.2, -0.15) is 0 Å². The van der Waals surface area contributed by atoms with Crippen molar-refractivity contribution in [1.82, 2.24) is 0 Å². The second-order valence-electron chi connectivity index (χ2n) is 17.9. The average molecular weight is 843 g/mol. The van der Waals surface area contributed by atoms with Gasteiger partial charge in [-0.15, -0.1) is 0 Å². The minimum Gasteiger partial charge on any atom is -0.0622 e. The van der Waals surface area contributed by atoms with Gasteiger partial charge in [0.25, 0.3) is 0 Å². The highest BCUT2D eigenvalue weighted by molar-refractivity contribution is 6.22. The zero-order chi connectivity index (χ0) is 44.7. The second kappa shape index (κ2) is 17.1. The summed E-state index contributed by atoms with van der Waals surface area (Å²) < 4.78 is 0. The lowest BCUT2D eigenvalue weighted by Gasteiger charge is -2.22. The van der Waals surface area contributed by atoms with E-state index in [1.807, 2.05) is 0 Å². The van der Waals surface area contributed by atoms with Gasteiger partial charge in [-0.3, -0.25) is 0 Å². The molecule has 0 saturated heterocycles. The molecular weight excluding hydrogens is 793 g/mol. The molecular formula is C66H50. The predicted octanol–water partition coefficient (Wildman–Crippen LogP) is 18.6. The molecule has 0 heteroatoms. The number of benzene rings is 11. The van der Waals surface area contributed by atoms with Crippen LogP contribution in [-0.4, -0.2) is 0 Å². The van der Waals surface area contributed by atoms with Gasteiger partial charge >= 0.3 is 0 Å². The first-order chi connectivity index (χ1) is 32.3. The van der Waals surface area contributed by atoms with E-state index in [-0.39, 0.29) is 0 Å². The maximum atomic E-state index is 2.45. The van der Waals surface area contributed by atoms with Gasteiger partial charge in [-0.05, 0) is 197 Å². The molecule has 0 unspecified atom stereocenters. The monoisotopic (exact) mass is 842 g/mol. The smallest absolute Gasteiger partial charge is 0.00257 e. The van der Waals surface area contributed by atoms with E-state index in [0.717, 1.165) is 0 Å². The van der Waals surface area contributed by atoms with Crippen molar-refractivity contribution in [3.05, 3.63) is 253 Å². The van der Waals surface area contributed by atoms with Crippen LogP contribution in [0.15, 0.2) is 231 Å². The zero-order valence-corrected chi connectivity index (χ0v) is 37.9. The number of fused-ring (bicyclic) bond motifs is 2. The van der Waals surface area contributed by atoms with E-state index in [4.69, 9.17) is 0 Å². The highest BCUT2D eigenvalue weighted by Crippen LogP contribution is 2.48. The molecule has 11 rings (SSSR count). The lowest BCUT2D eigenvalue weighted by atomic mass is 9.81. The SMILES string of the molecule is Cc1cc2c(-c3cc(-c4ccccc4)cc(-c4ccc(-c5ccccc5)cc4)c3)c3cc(C)c(C)cc3c(-c3cc(-c4ccccc4)cc(-c4ccc(-c5ccccc5)cc4)c3)c2cc1C. The highest BCUT2D eigenvalue weighted by Gasteiger charge is 2.21. The van der Waals surface area contributed by atoms with Crippen molar-refractivity contribution in [2.24, 2.45) is 0 Å². The third kappa shape index (κ3) is 7.71. The molecule has 11 aromatic carbocycles. The molecule has 0 aliphatic rings. The van der Waals surface area contributed by atoms with Gasteiger partial charge in [0.05, 0.1) is 0 Å². The zero-order valence-electron chi connectivity index (χ0n) is 37.9. The lowest BCUT2D eigenvalue weighted by Crippen LogP contribution is -1.96. The lowest BCUT2D eigenvalue weighted by molar-refractivity contribution is 1.36. The summed E-state index contributed by atoms with van der Waals surface area (Å²) in [4.78, 5) is 0. The second-order valence-corrected chi connectivity index (χ2v) is 17.9. The van der Waals surface area contributed by atoms with Crippen LogP contribution >= 0.6 is 0 Å². The maximum absolute atomic E-state index is 2.45. The van der Waals surface area contributed by atoms with Crippen molar-refractivity contribution in [1.29, 1.82) is 0 Å². The molecule has 0 N–H and O–H groups in total. The van der Waals surface area contributed by atoms with Gasteiger partial charge in [0.2, 0.25) is 0 Å². The van der Waals surface area contributed by atoms with E-state index >= 15 is 0 Å². The molecule has 0 aromatic heterocycles. The van der Waals surface area contributed by atoms with Crippen LogP contribution in [0.5, 0.6) is 0 Å². The van der Waals surface area contributed by atoms with Gasteiger partial charge in [0, 0.05) is 0 Å². The van der Waals surface area contributed by atoms with Crippen molar-refractivity contribution >= 4 is 21.5 Å². The van der Waals surface area contributed by atoms with Crippen LogP contribution in [0.2, 0.25) is 0 Å². The molecule has 0 aliphatic heterocycles. The van der Waals surface area contributed by atoms with Crippen LogP contribution in [0.25, 0.3) is 111 Å². The van der Waals surface area contributed by atoms with Gasteiger partial charge in [-0.25, -0.2) is 0 Å². The van der Waals surface area contributed by atoms with Crippen molar-refractivity contribution in [2.45, 2.75) is 27.7 Å². The fourth-order valence-corrected chi connectivity index (χ4v) is 9.82. The van der Waals surface area contributed by atoms with E-state index in [2.05, 4.69) is 258 Å². The van der Waals surface area contributed by atoms with Gasteiger partial charge in [-0.1, -0.05) is 194 Å². The minimum absolute atomic E-state index is 1.19. The molecule has 66 heavy (non-hydrogen) atoms. The first kappa shape index (κ1) is 40.7. The summed E-state index contributed by atoms with van der Waals surface area (Å²) in [5.41, 5.74) is 24.6. The van der Waals surface area contributed by atoms with Gasteiger partial charge in [0.15, 0.2) is 0 Å². The van der Waals surface area contributed by atoms with Crippen molar-refractivity contribution in [2.75, 3.05) is 0 Å². The molecule has 0 spiro atoms. The van der Waals surface area contributed by atoms with E-state index in [9.17, 15) is 0 Å². The Balaban J connectivity index is 1.18. The largest absolute Gasteiger partial charge is 0.0622 e. The van der Waals surface area contributed by atoms with Crippen LogP contribution in [-0.2, 0) is 0 Å². The van der Waals surface area contributed by atoms with Crippen molar-refractivity contribution < 1.29 is 0 Å². The average Bonchev–Trinajstić information content (AvgIpc) is 3.37. The van der Waals surface area contributed by atoms with E-state index < -0.39 is 0 Å². The summed E-state index contributed by atoms with van der Waals surface area (Å²) in [7, 11) is 0. The molecule has 0 saturated carbocycles. The first-order valence-electron chi connectivity index (χ1n) is 23.1. The van der Waals surface area contributed by atoms with Crippen LogP contribution in [0.1, 0.15) is 22.3 Å². The maximum Gasteiger partial charge on any atom is -0.00257 e. The fraction of sp³-hybridized carbons (Fsp3) is 0.0606. The summed E-state index contributed by atoms with van der Waals surface area (Å²) in [5.74, 6) is 0. The minimum atomic E-state index is 1.19. The summed E-state index contributed by atoms with van der Waals surface area (Å²) in [5, 5.41) is 5.05. The Morgan fingerprint density at radius 2 is 0.348 bits per heavy atom. The molecule has 0 aliphatic carbocycles. The van der Waals surface area contributed by atoms with Gasteiger partial charge < -0.3 is 0 Å². The third-order valence-electron chi connectivity index (χ3n) is 13.7. The molecule has 0 fully saturated rings. The van der Waals surface area contributed by atoms with E-state index in [1.54, 1.807) is 0 Å². The Labute approximate surface area is 389 Å². The molecule has 0 amide bonds. The van der Waals surface area contributed by atoms with Crippen LogP contribution in [0.4, 0.5) is 0 Å². The number of rotatable bonds is 8. The number of aryl methyl sites for hydroxylation is 4. The number of hydrogen-bond acceptors (Lipinski definition) is 0. The molecule has 0 heterocycles. The fourth-order valence-electron chi connectivity index (χ4n) is 9.82. The molecule has 0 nitrogen and oxygen atoms in total. The van der Waals surface area contributed by atoms with E-state index in [1.165, 1.54) is 133 Å². The van der Waals surface area contributed by atoms with Gasteiger partial charge in [0.1, 0.15) is 0 Å².